The number of allylic oxidation sites excluding steroid dienone is 1. The van der Waals surface area contributed by atoms with E-state index in [1.54, 1.807) is 6.21 Å². The van der Waals surface area contributed by atoms with Gasteiger partial charge in [0.2, 0.25) is 0 Å². The van der Waals surface area contributed by atoms with Crippen molar-refractivity contribution in [3.63, 3.8) is 0 Å². The van der Waals surface area contributed by atoms with Crippen molar-refractivity contribution in [2.75, 3.05) is 11.6 Å². The summed E-state index contributed by atoms with van der Waals surface area (Å²) >= 11 is 0. The molecular weight excluding hydrogens is 326 g/mol. The molecule has 6 heteroatoms. The van der Waals surface area contributed by atoms with Crippen LogP contribution in [0, 0.1) is 0 Å². The highest BCUT2D eigenvalue weighted by Gasteiger charge is 2.12. The Morgan fingerprint density at radius 3 is 2.73 bits per heavy atom. The summed E-state index contributed by atoms with van der Waals surface area (Å²) in [6, 6.07) is 15.4. The Bertz CT molecular complexity index is 1010. The topological polar surface area (TPSA) is 70.5 Å². The van der Waals surface area contributed by atoms with Crippen LogP contribution in [0.15, 0.2) is 72.0 Å². The Hall–Kier alpha value is -3.54. The fourth-order valence-corrected chi connectivity index (χ4v) is 2.82. The van der Waals surface area contributed by atoms with E-state index in [0.29, 0.717) is 24.4 Å². The molecule has 6 nitrogen and oxygen atoms in total. The third-order valence-electron chi connectivity index (χ3n) is 4.11. The largest absolute Gasteiger partial charge is 0.346 e. The van der Waals surface area contributed by atoms with Crippen LogP contribution in [0.3, 0.4) is 0 Å². The molecule has 4 rings (SSSR count). The van der Waals surface area contributed by atoms with Crippen LogP contribution in [-0.4, -0.2) is 28.8 Å². The highest BCUT2D eigenvalue weighted by Crippen LogP contribution is 2.21. The van der Waals surface area contributed by atoms with Gasteiger partial charge in [-0.3, -0.25) is 14.8 Å². The second kappa shape index (κ2) is 7.14. The lowest BCUT2D eigenvalue weighted by molar-refractivity contribution is 0.0946. The summed E-state index contributed by atoms with van der Waals surface area (Å²) < 4.78 is 0. The van der Waals surface area contributed by atoms with Crippen molar-refractivity contribution in [1.29, 1.82) is 0 Å². The fraction of sp³-hybridized carbons (Fsp3) is 0.100. The van der Waals surface area contributed by atoms with Crippen LogP contribution in [0.2, 0.25) is 0 Å². The SMILES string of the molecule is O=C(NCc1ccccc1N1C=CC=NC1)c1cnc2ccccc2n1. The summed E-state index contributed by atoms with van der Waals surface area (Å²) in [5.41, 5.74) is 3.81. The molecule has 0 radical (unpaired) electrons. The minimum Gasteiger partial charge on any atom is -0.346 e. The van der Waals surface area contributed by atoms with Gasteiger partial charge in [0.1, 0.15) is 12.4 Å². The number of anilines is 1. The number of fused-ring (bicyclic) bond motifs is 1. The molecule has 1 N–H and O–H groups in total. The summed E-state index contributed by atoms with van der Waals surface area (Å²) in [4.78, 5) is 27.5. The number of para-hydroxylation sites is 3. The summed E-state index contributed by atoms with van der Waals surface area (Å²) in [6.07, 6.45) is 7.15. The molecule has 1 amide bonds. The smallest absolute Gasteiger partial charge is 0.271 e. The van der Waals surface area contributed by atoms with E-state index in [4.69, 9.17) is 0 Å². The standard InChI is InChI=1S/C20H17N5O/c26-20(18-13-22-16-7-2-3-8-17(16)24-18)23-12-15-6-1-4-9-19(15)25-11-5-10-21-14-25/h1-11,13H,12,14H2,(H,23,26). The molecular formula is C20H17N5O. The molecule has 0 saturated heterocycles. The third kappa shape index (κ3) is 3.30. The molecule has 0 atom stereocenters. The molecule has 0 unspecified atom stereocenters. The van der Waals surface area contributed by atoms with Gasteiger partial charge in [0.25, 0.3) is 5.91 Å². The molecule has 0 bridgehead atoms. The summed E-state index contributed by atoms with van der Waals surface area (Å²) in [6.45, 7) is 0.967. The summed E-state index contributed by atoms with van der Waals surface area (Å²) in [5.74, 6) is -0.245. The number of carbonyl (C=O) groups is 1. The van der Waals surface area contributed by atoms with E-state index in [1.165, 1.54) is 6.20 Å². The number of nitrogens with one attached hydrogen (secondary N) is 1. The molecule has 2 heterocycles. The molecule has 0 spiro atoms. The molecule has 3 aromatic rings. The lowest BCUT2D eigenvalue weighted by Gasteiger charge is -2.23. The van der Waals surface area contributed by atoms with Gasteiger partial charge in [-0.15, -0.1) is 0 Å². The highest BCUT2D eigenvalue weighted by atomic mass is 16.1. The Labute approximate surface area is 150 Å². The van der Waals surface area contributed by atoms with Gasteiger partial charge in [0.15, 0.2) is 0 Å². The molecule has 1 aliphatic rings. The van der Waals surface area contributed by atoms with E-state index in [0.717, 1.165) is 16.8 Å². The van der Waals surface area contributed by atoms with Gasteiger partial charge >= 0.3 is 0 Å². The van der Waals surface area contributed by atoms with Crippen molar-refractivity contribution < 1.29 is 4.79 Å². The maximum atomic E-state index is 12.5. The first-order chi connectivity index (χ1) is 12.8. The van der Waals surface area contributed by atoms with Crippen LogP contribution < -0.4 is 10.2 Å². The maximum absolute atomic E-state index is 12.5. The van der Waals surface area contributed by atoms with E-state index in [9.17, 15) is 4.79 Å². The van der Waals surface area contributed by atoms with Crippen molar-refractivity contribution in [2.24, 2.45) is 4.99 Å². The molecule has 1 aliphatic heterocycles. The lowest BCUT2D eigenvalue weighted by Crippen LogP contribution is -2.26. The van der Waals surface area contributed by atoms with Crippen LogP contribution >= 0.6 is 0 Å². The molecule has 2 aromatic carbocycles. The number of benzene rings is 2. The Balaban J connectivity index is 1.50. The predicted octanol–water partition coefficient (Wildman–Crippen LogP) is 2.92. The number of amides is 1. The van der Waals surface area contributed by atoms with Crippen molar-refractivity contribution in [2.45, 2.75) is 6.54 Å². The molecule has 26 heavy (non-hydrogen) atoms. The van der Waals surface area contributed by atoms with E-state index in [2.05, 4.69) is 20.3 Å². The van der Waals surface area contributed by atoms with Crippen molar-refractivity contribution in [3.8, 4) is 0 Å². The Kier molecular flexibility index (Phi) is 4.38. The predicted molar refractivity (Wildman–Crippen MR) is 102 cm³/mol. The van der Waals surface area contributed by atoms with Crippen LogP contribution in [0.5, 0.6) is 0 Å². The summed E-state index contributed by atoms with van der Waals surface area (Å²) in [5, 5.41) is 2.93. The number of hydrogen-bond acceptors (Lipinski definition) is 5. The van der Waals surface area contributed by atoms with Gasteiger partial charge in [-0.2, -0.15) is 0 Å². The quantitative estimate of drug-likeness (QED) is 0.791. The van der Waals surface area contributed by atoms with Gasteiger partial charge in [-0.1, -0.05) is 30.3 Å². The third-order valence-corrected chi connectivity index (χ3v) is 4.11. The van der Waals surface area contributed by atoms with Crippen molar-refractivity contribution >= 4 is 28.8 Å². The first-order valence-electron chi connectivity index (χ1n) is 8.32. The molecule has 1 aromatic heterocycles. The van der Waals surface area contributed by atoms with Crippen LogP contribution in [0.25, 0.3) is 11.0 Å². The Morgan fingerprint density at radius 1 is 1.08 bits per heavy atom. The first-order valence-corrected chi connectivity index (χ1v) is 8.32. The number of nitrogens with zero attached hydrogens (tertiary/aromatic N) is 4. The molecule has 0 saturated carbocycles. The van der Waals surface area contributed by atoms with Crippen LogP contribution in [0.4, 0.5) is 5.69 Å². The van der Waals surface area contributed by atoms with Crippen LogP contribution in [-0.2, 0) is 6.54 Å². The molecule has 128 valence electrons. The van der Waals surface area contributed by atoms with Crippen molar-refractivity contribution in [1.82, 2.24) is 15.3 Å². The zero-order valence-corrected chi connectivity index (χ0v) is 14.0. The van der Waals surface area contributed by atoms with Gasteiger partial charge in [-0.05, 0) is 29.8 Å². The normalized spacial score (nSPS) is 13.2. The zero-order chi connectivity index (χ0) is 17.8. The number of rotatable bonds is 4. The fourth-order valence-electron chi connectivity index (χ4n) is 2.82. The van der Waals surface area contributed by atoms with E-state index >= 15 is 0 Å². The highest BCUT2D eigenvalue weighted by molar-refractivity contribution is 5.93. The first kappa shape index (κ1) is 16.0. The monoisotopic (exact) mass is 343 g/mol. The molecule has 0 fully saturated rings. The average molecular weight is 343 g/mol. The summed E-state index contributed by atoms with van der Waals surface area (Å²) in [7, 11) is 0. The number of aliphatic imine (C=N–C) groups is 1. The second-order valence-electron chi connectivity index (χ2n) is 5.84. The number of aromatic nitrogens is 2. The van der Waals surface area contributed by atoms with E-state index in [1.807, 2.05) is 65.7 Å². The van der Waals surface area contributed by atoms with Crippen molar-refractivity contribution in [3.05, 3.63) is 78.3 Å². The Morgan fingerprint density at radius 2 is 1.88 bits per heavy atom. The zero-order valence-electron chi connectivity index (χ0n) is 14.0. The number of carbonyl (C=O) groups excluding carboxylic acids is 1. The van der Waals surface area contributed by atoms with Gasteiger partial charge in [0.05, 0.1) is 17.2 Å². The minimum absolute atomic E-state index is 0.245. The minimum atomic E-state index is -0.245. The molecule has 0 aliphatic carbocycles. The lowest BCUT2D eigenvalue weighted by atomic mass is 10.1. The van der Waals surface area contributed by atoms with Gasteiger partial charge in [-0.25, -0.2) is 4.98 Å². The maximum Gasteiger partial charge on any atom is 0.271 e. The van der Waals surface area contributed by atoms with Crippen LogP contribution in [0.1, 0.15) is 16.1 Å². The average Bonchev–Trinajstić information content (AvgIpc) is 2.72. The number of hydrogen-bond donors (Lipinski definition) is 1. The van der Waals surface area contributed by atoms with Gasteiger partial charge in [0, 0.05) is 24.6 Å². The van der Waals surface area contributed by atoms with Gasteiger partial charge < -0.3 is 10.2 Å². The van der Waals surface area contributed by atoms with E-state index < -0.39 is 0 Å². The second-order valence-corrected chi connectivity index (χ2v) is 5.84. The van der Waals surface area contributed by atoms with E-state index in [-0.39, 0.29) is 5.91 Å².